The lowest BCUT2D eigenvalue weighted by atomic mass is 9.95. The van der Waals surface area contributed by atoms with Crippen molar-refractivity contribution in [3.63, 3.8) is 0 Å². The topological polar surface area (TPSA) is 50.4 Å². The van der Waals surface area contributed by atoms with E-state index in [2.05, 4.69) is 17.6 Å². The second-order valence-corrected chi connectivity index (χ2v) is 5.12. The maximum atomic E-state index is 11.8. The predicted octanol–water partition coefficient (Wildman–Crippen LogP) is 1.32. The van der Waals surface area contributed by atoms with Crippen molar-refractivity contribution in [2.75, 3.05) is 19.7 Å². The van der Waals surface area contributed by atoms with Crippen LogP contribution in [-0.2, 0) is 16.1 Å². The van der Waals surface area contributed by atoms with Gasteiger partial charge in [-0.3, -0.25) is 4.79 Å². The molecule has 1 amide bonds. The Morgan fingerprint density at radius 3 is 2.95 bits per heavy atom. The molecule has 0 aromatic heterocycles. The summed E-state index contributed by atoms with van der Waals surface area (Å²) in [5.41, 5.74) is 1.09. The average molecular weight is 262 g/mol. The largest absolute Gasteiger partial charge is 0.367 e. The molecule has 0 spiro atoms. The van der Waals surface area contributed by atoms with Crippen molar-refractivity contribution in [1.82, 2.24) is 10.6 Å². The number of hydrogen-bond donors (Lipinski definition) is 2. The van der Waals surface area contributed by atoms with Gasteiger partial charge in [0.1, 0.15) is 6.61 Å². The maximum Gasteiger partial charge on any atom is 0.246 e. The van der Waals surface area contributed by atoms with E-state index in [0.717, 1.165) is 25.1 Å². The van der Waals surface area contributed by atoms with Crippen LogP contribution in [0.5, 0.6) is 0 Å². The molecule has 1 aromatic carbocycles. The van der Waals surface area contributed by atoms with Gasteiger partial charge in [0.05, 0.1) is 6.61 Å². The van der Waals surface area contributed by atoms with E-state index in [-0.39, 0.29) is 18.6 Å². The Labute approximate surface area is 114 Å². The van der Waals surface area contributed by atoms with Crippen LogP contribution in [0.2, 0.25) is 0 Å². The minimum atomic E-state index is -0.0310. The third-order valence-corrected chi connectivity index (χ3v) is 3.52. The monoisotopic (exact) mass is 262 g/mol. The highest BCUT2D eigenvalue weighted by Crippen LogP contribution is 2.10. The Balaban J connectivity index is 1.67. The van der Waals surface area contributed by atoms with Crippen LogP contribution in [0.1, 0.15) is 18.9 Å². The zero-order chi connectivity index (χ0) is 13.5. The second-order valence-electron chi connectivity index (χ2n) is 5.12. The molecule has 4 heteroatoms. The SMILES string of the molecule is CC1CCNCC1NC(=O)COCc1ccccc1. The van der Waals surface area contributed by atoms with Gasteiger partial charge in [-0.15, -0.1) is 0 Å². The fourth-order valence-corrected chi connectivity index (χ4v) is 2.27. The molecular weight excluding hydrogens is 240 g/mol. The molecule has 1 heterocycles. The predicted molar refractivity (Wildman–Crippen MR) is 74.7 cm³/mol. The Morgan fingerprint density at radius 2 is 2.21 bits per heavy atom. The van der Waals surface area contributed by atoms with Gasteiger partial charge in [-0.25, -0.2) is 0 Å². The molecule has 2 atom stereocenters. The molecule has 1 aliphatic heterocycles. The van der Waals surface area contributed by atoms with Crippen LogP contribution < -0.4 is 10.6 Å². The standard InChI is InChI=1S/C15H22N2O2/c1-12-7-8-16-9-14(12)17-15(18)11-19-10-13-5-3-2-4-6-13/h2-6,12,14,16H,7-11H2,1H3,(H,17,18). The molecule has 0 saturated carbocycles. The van der Waals surface area contributed by atoms with Crippen molar-refractivity contribution in [1.29, 1.82) is 0 Å². The molecule has 2 N–H and O–H groups in total. The van der Waals surface area contributed by atoms with E-state index in [4.69, 9.17) is 4.74 Å². The van der Waals surface area contributed by atoms with Gasteiger partial charge >= 0.3 is 0 Å². The van der Waals surface area contributed by atoms with Crippen molar-refractivity contribution < 1.29 is 9.53 Å². The number of rotatable bonds is 5. The fraction of sp³-hybridized carbons (Fsp3) is 0.533. The highest BCUT2D eigenvalue weighted by atomic mass is 16.5. The highest BCUT2D eigenvalue weighted by Gasteiger charge is 2.22. The minimum Gasteiger partial charge on any atom is -0.367 e. The summed E-state index contributed by atoms with van der Waals surface area (Å²) in [6.07, 6.45) is 1.11. The molecule has 4 nitrogen and oxygen atoms in total. The summed E-state index contributed by atoms with van der Waals surface area (Å²) in [6, 6.07) is 10.1. The van der Waals surface area contributed by atoms with Gasteiger partial charge in [-0.05, 0) is 24.4 Å². The number of amides is 1. The first-order valence-corrected chi connectivity index (χ1v) is 6.87. The van der Waals surface area contributed by atoms with E-state index in [1.807, 2.05) is 30.3 Å². The van der Waals surface area contributed by atoms with Crippen LogP contribution in [-0.4, -0.2) is 31.6 Å². The van der Waals surface area contributed by atoms with Crippen LogP contribution in [0.25, 0.3) is 0 Å². The number of nitrogens with one attached hydrogen (secondary N) is 2. The zero-order valence-corrected chi connectivity index (χ0v) is 11.4. The number of carbonyl (C=O) groups is 1. The van der Waals surface area contributed by atoms with Crippen molar-refractivity contribution in [3.8, 4) is 0 Å². The van der Waals surface area contributed by atoms with Gasteiger partial charge in [0.15, 0.2) is 0 Å². The quantitative estimate of drug-likeness (QED) is 0.841. The van der Waals surface area contributed by atoms with Crippen molar-refractivity contribution in [3.05, 3.63) is 35.9 Å². The van der Waals surface area contributed by atoms with Crippen molar-refractivity contribution in [2.24, 2.45) is 5.92 Å². The van der Waals surface area contributed by atoms with Crippen LogP contribution in [0, 0.1) is 5.92 Å². The molecule has 1 fully saturated rings. The Kier molecular flexibility index (Phi) is 5.36. The van der Waals surface area contributed by atoms with Crippen LogP contribution in [0.15, 0.2) is 30.3 Å². The van der Waals surface area contributed by atoms with Gasteiger partial charge in [0.25, 0.3) is 0 Å². The summed E-state index contributed by atoms with van der Waals surface area (Å²) in [6.45, 7) is 4.67. The van der Waals surface area contributed by atoms with E-state index in [1.54, 1.807) is 0 Å². The highest BCUT2D eigenvalue weighted by molar-refractivity contribution is 5.77. The van der Waals surface area contributed by atoms with Gasteiger partial charge in [0.2, 0.25) is 5.91 Å². The van der Waals surface area contributed by atoms with Crippen LogP contribution in [0.4, 0.5) is 0 Å². The van der Waals surface area contributed by atoms with Gasteiger partial charge in [0, 0.05) is 12.6 Å². The summed E-state index contributed by atoms with van der Waals surface area (Å²) in [5.74, 6) is 0.496. The first-order valence-electron chi connectivity index (χ1n) is 6.87. The molecule has 1 saturated heterocycles. The molecule has 0 bridgehead atoms. The van der Waals surface area contributed by atoms with Crippen LogP contribution >= 0.6 is 0 Å². The molecule has 1 aliphatic rings. The van der Waals surface area contributed by atoms with E-state index in [0.29, 0.717) is 12.5 Å². The average Bonchev–Trinajstić information content (AvgIpc) is 2.43. The number of piperidine rings is 1. The Bertz CT molecular complexity index is 394. The molecule has 2 rings (SSSR count). The first-order chi connectivity index (χ1) is 9.25. The lowest BCUT2D eigenvalue weighted by molar-refractivity contribution is -0.127. The van der Waals surface area contributed by atoms with Crippen LogP contribution in [0.3, 0.4) is 0 Å². The molecule has 19 heavy (non-hydrogen) atoms. The Morgan fingerprint density at radius 1 is 1.42 bits per heavy atom. The smallest absolute Gasteiger partial charge is 0.246 e. The summed E-state index contributed by atoms with van der Waals surface area (Å²) >= 11 is 0. The van der Waals surface area contributed by atoms with E-state index < -0.39 is 0 Å². The molecular formula is C15H22N2O2. The summed E-state index contributed by atoms with van der Waals surface area (Å²) < 4.78 is 5.43. The van der Waals surface area contributed by atoms with E-state index in [1.165, 1.54) is 0 Å². The third kappa shape index (κ3) is 4.65. The number of hydrogen-bond acceptors (Lipinski definition) is 3. The second kappa shape index (κ2) is 7.26. The lowest BCUT2D eigenvalue weighted by Gasteiger charge is -2.30. The summed E-state index contributed by atoms with van der Waals surface area (Å²) in [7, 11) is 0. The number of carbonyl (C=O) groups excluding carboxylic acids is 1. The van der Waals surface area contributed by atoms with E-state index in [9.17, 15) is 4.79 Å². The third-order valence-electron chi connectivity index (χ3n) is 3.52. The molecule has 1 aromatic rings. The lowest BCUT2D eigenvalue weighted by Crippen LogP contribution is -2.51. The number of benzene rings is 1. The fourth-order valence-electron chi connectivity index (χ4n) is 2.27. The Hall–Kier alpha value is -1.39. The van der Waals surface area contributed by atoms with Crippen molar-refractivity contribution in [2.45, 2.75) is 26.0 Å². The summed E-state index contributed by atoms with van der Waals surface area (Å²) in [5, 5.41) is 6.33. The zero-order valence-electron chi connectivity index (χ0n) is 11.4. The maximum absolute atomic E-state index is 11.8. The van der Waals surface area contributed by atoms with E-state index >= 15 is 0 Å². The minimum absolute atomic E-state index is 0.0310. The molecule has 0 radical (unpaired) electrons. The molecule has 0 aliphatic carbocycles. The molecule has 104 valence electrons. The first kappa shape index (κ1) is 14.0. The van der Waals surface area contributed by atoms with Gasteiger partial charge in [-0.1, -0.05) is 37.3 Å². The van der Waals surface area contributed by atoms with Gasteiger partial charge < -0.3 is 15.4 Å². The number of ether oxygens (including phenoxy) is 1. The van der Waals surface area contributed by atoms with Gasteiger partial charge in [-0.2, -0.15) is 0 Å². The van der Waals surface area contributed by atoms with Crippen molar-refractivity contribution >= 4 is 5.91 Å². The summed E-state index contributed by atoms with van der Waals surface area (Å²) in [4.78, 5) is 11.8. The normalized spacial score (nSPS) is 23.0. The molecule has 2 unspecified atom stereocenters.